The van der Waals surface area contributed by atoms with Gasteiger partial charge in [-0.15, -0.1) is 0 Å². The summed E-state index contributed by atoms with van der Waals surface area (Å²) in [6, 6.07) is 2.30. The second-order valence-electron chi connectivity index (χ2n) is 7.43. The van der Waals surface area contributed by atoms with Crippen LogP contribution in [0.3, 0.4) is 0 Å². The molecule has 0 aromatic heterocycles. The maximum absolute atomic E-state index is 5.69. The lowest BCUT2D eigenvalue weighted by atomic mass is 10.0. The van der Waals surface area contributed by atoms with E-state index in [2.05, 4.69) is 50.5 Å². The largest absolute Gasteiger partial charge is 0.496 e. The smallest absolute Gasteiger partial charge is 0.201 e. The first kappa shape index (κ1) is 16.2. The van der Waals surface area contributed by atoms with Crippen molar-refractivity contribution in [3.05, 3.63) is 22.8 Å². The van der Waals surface area contributed by atoms with Crippen molar-refractivity contribution in [2.45, 2.75) is 53.0 Å². The van der Waals surface area contributed by atoms with Crippen molar-refractivity contribution in [3.63, 3.8) is 0 Å². The summed E-state index contributed by atoms with van der Waals surface area (Å²) in [6.07, 6.45) is 2.42. The van der Waals surface area contributed by atoms with Crippen molar-refractivity contribution in [1.29, 1.82) is 0 Å². The molecule has 0 aliphatic carbocycles. The third-order valence-electron chi connectivity index (χ3n) is 5.34. The fraction of sp³-hybridized carbons (Fsp3) is 0.632. The molecule has 4 nitrogen and oxygen atoms in total. The molecule has 2 heterocycles. The van der Waals surface area contributed by atoms with Crippen LogP contribution in [-0.4, -0.2) is 43.1 Å². The van der Waals surface area contributed by atoms with Gasteiger partial charge in [0.05, 0.1) is 24.9 Å². The van der Waals surface area contributed by atoms with Gasteiger partial charge in [0.25, 0.3) is 0 Å². The number of hydrogen-bond donors (Lipinski definition) is 0. The highest BCUT2D eigenvalue weighted by molar-refractivity contribution is 5.99. The molecule has 1 aromatic carbocycles. The Morgan fingerprint density at radius 1 is 1.09 bits per heavy atom. The third-order valence-corrected chi connectivity index (χ3v) is 5.34. The predicted octanol–water partition coefficient (Wildman–Crippen LogP) is 3.67. The van der Waals surface area contributed by atoms with Crippen molar-refractivity contribution in [2.75, 3.05) is 31.6 Å². The van der Waals surface area contributed by atoms with Gasteiger partial charge in [0.1, 0.15) is 5.75 Å². The summed E-state index contributed by atoms with van der Waals surface area (Å²) in [6.45, 7) is 14.0. The topological polar surface area (TPSA) is 28.1 Å². The number of methoxy groups -OCH3 is 1. The van der Waals surface area contributed by atoms with Gasteiger partial charge in [-0.3, -0.25) is 4.99 Å². The van der Waals surface area contributed by atoms with E-state index in [1.54, 1.807) is 7.11 Å². The first-order valence-corrected chi connectivity index (χ1v) is 8.61. The number of benzene rings is 1. The van der Waals surface area contributed by atoms with E-state index in [-0.39, 0.29) is 5.54 Å². The van der Waals surface area contributed by atoms with Crippen LogP contribution >= 0.6 is 0 Å². The summed E-state index contributed by atoms with van der Waals surface area (Å²) in [4.78, 5) is 9.80. The van der Waals surface area contributed by atoms with E-state index < -0.39 is 0 Å². The lowest BCUT2D eigenvalue weighted by Crippen LogP contribution is -2.49. The van der Waals surface area contributed by atoms with Gasteiger partial charge in [-0.05, 0) is 64.7 Å². The Balaban J connectivity index is 2.09. The molecule has 2 aliphatic rings. The van der Waals surface area contributed by atoms with Crippen LogP contribution in [0.2, 0.25) is 0 Å². The quantitative estimate of drug-likeness (QED) is 0.833. The molecular formula is C19H29N3O. The molecular weight excluding hydrogens is 286 g/mol. The number of aliphatic imine (C=N–C) groups is 1. The summed E-state index contributed by atoms with van der Waals surface area (Å²) in [5.41, 5.74) is 5.08. The zero-order valence-electron chi connectivity index (χ0n) is 15.4. The van der Waals surface area contributed by atoms with Gasteiger partial charge in [-0.25, -0.2) is 0 Å². The molecule has 0 atom stereocenters. The maximum atomic E-state index is 5.69. The minimum atomic E-state index is 0.121. The van der Waals surface area contributed by atoms with E-state index in [0.717, 1.165) is 31.3 Å². The number of rotatable bonds is 2. The summed E-state index contributed by atoms with van der Waals surface area (Å²) in [5, 5.41) is 0. The fourth-order valence-corrected chi connectivity index (χ4v) is 3.79. The van der Waals surface area contributed by atoms with Crippen molar-refractivity contribution in [1.82, 2.24) is 4.90 Å². The third kappa shape index (κ3) is 2.58. The van der Waals surface area contributed by atoms with E-state index in [4.69, 9.17) is 9.73 Å². The fourth-order valence-electron chi connectivity index (χ4n) is 3.79. The number of fused-ring (bicyclic) bond motifs is 1. The Morgan fingerprint density at radius 3 is 2.48 bits per heavy atom. The van der Waals surface area contributed by atoms with Gasteiger partial charge in [-0.1, -0.05) is 0 Å². The summed E-state index contributed by atoms with van der Waals surface area (Å²) < 4.78 is 5.69. The second-order valence-corrected chi connectivity index (χ2v) is 7.43. The minimum Gasteiger partial charge on any atom is -0.496 e. The molecule has 1 aromatic rings. The SMILES string of the molecule is COc1c(C)c(C)cc(N2CCCCN3C2=NCC3(C)C)c1C. The second kappa shape index (κ2) is 5.73. The van der Waals surface area contributed by atoms with Crippen LogP contribution in [0.4, 0.5) is 5.69 Å². The van der Waals surface area contributed by atoms with Crippen molar-refractivity contribution in [3.8, 4) is 5.75 Å². The highest BCUT2D eigenvalue weighted by Crippen LogP contribution is 2.37. The molecule has 0 spiro atoms. The van der Waals surface area contributed by atoms with E-state index in [0.29, 0.717) is 0 Å². The Bertz CT molecular complexity index is 649. The molecule has 3 rings (SSSR count). The molecule has 0 bridgehead atoms. The van der Waals surface area contributed by atoms with Gasteiger partial charge < -0.3 is 14.5 Å². The van der Waals surface area contributed by atoms with Crippen LogP contribution in [0.5, 0.6) is 5.75 Å². The van der Waals surface area contributed by atoms with Crippen molar-refractivity contribution < 1.29 is 4.74 Å². The molecule has 0 unspecified atom stereocenters. The highest BCUT2D eigenvalue weighted by Gasteiger charge is 2.39. The van der Waals surface area contributed by atoms with E-state index >= 15 is 0 Å². The first-order valence-electron chi connectivity index (χ1n) is 8.61. The predicted molar refractivity (Wildman–Crippen MR) is 96.9 cm³/mol. The Labute approximate surface area is 140 Å². The number of hydrogen-bond acceptors (Lipinski definition) is 4. The van der Waals surface area contributed by atoms with Crippen LogP contribution in [0.25, 0.3) is 0 Å². The monoisotopic (exact) mass is 315 g/mol. The van der Waals surface area contributed by atoms with E-state index in [1.807, 2.05) is 0 Å². The zero-order chi connectivity index (χ0) is 16.8. The van der Waals surface area contributed by atoms with Crippen LogP contribution < -0.4 is 9.64 Å². The molecule has 23 heavy (non-hydrogen) atoms. The molecule has 1 fully saturated rings. The molecule has 2 aliphatic heterocycles. The van der Waals surface area contributed by atoms with Crippen LogP contribution in [0, 0.1) is 20.8 Å². The van der Waals surface area contributed by atoms with Gasteiger partial charge in [0.15, 0.2) is 0 Å². The van der Waals surface area contributed by atoms with Gasteiger partial charge in [0.2, 0.25) is 5.96 Å². The van der Waals surface area contributed by atoms with E-state index in [1.165, 1.54) is 35.2 Å². The first-order chi connectivity index (χ1) is 10.9. The Hall–Kier alpha value is -1.71. The number of guanidine groups is 1. The number of aryl methyl sites for hydroxylation is 1. The lowest BCUT2D eigenvalue weighted by Gasteiger charge is -2.36. The minimum absolute atomic E-state index is 0.121. The van der Waals surface area contributed by atoms with Crippen LogP contribution in [0.1, 0.15) is 43.4 Å². The van der Waals surface area contributed by atoms with Crippen LogP contribution in [-0.2, 0) is 0 Å². The molecule has 4 heteroatoms. The molecule has 0 radical (unpaired) electrons. The van der Waals surface area contributed by atoms with Gasteiger partial charge >= 0.3 is 0 Å². The van der Waals surface area contributed by atoms with Crippen molar-refractivity contribution in [2.24, 2.45) is 4.99 Å². The lowest BCUT2D eigenvalue weighted by molar-refractivity contribution is 0.246. The number of ether oxygens (including phenoxy) is 1. The maximum Gasteiger partial charge on any atom is 0.201 e. The standard InChI is InChI=1S/C19H29N3O/c1-13-11-16(15(3)17(23-6)14(13)2)21-9-7-8-10-22-18(21)20-12-19(22,4)5/h11H,7-10,12H2,1-6H3. The molecule has 0 N–H and O–H groups in total. The molecule has 0 saturated carbocycles. The van der Waals surface area contributed by atoms with E-state index in [9.17, 15) is 0 Å². The van der Waals surface area contributed by atoms with Gasteiger partial charge in [0, 0.05) is 18.7 Å². The Morgan fingerprint density at radius 2 is 1.78 bits per heavy atom. The normalized spacial score (nSPS) is 20.2. The van der Waals surface area contributed by atoms with Crippen LogP contribution in [0.15, 0.2) is 11.1 Å². The average molecular weight is 315 g/mol. The summed E-state index contributed by atoms with van der Waals surface area (Å²) >= 11 is 0. The zero-order valence-corrected chi connectivity index (χ0v) is 15.4. The highest BCUT2D eigenvalue weighted by atomic mass is 16.5. The number of anilines is 1. The Kier molecular flexibility index (Phi) is 4.03. The molecule has 0 amide bonds. The number of nitrogens with zero attached hydrogens (tertiary/aromatic N) is 3. The molecule has 1 saturated heterocycles. The summed E-state index contributed by atoms with van der Waals surface area (Å²) in [5.74, 6) is 2.15. The molecule has 126 valence electrons. The van der Waals surface area contributed by atoms with Gasteiger partial charge in [-0.2, -0.15) is 0 Å². The average Bonchev–Trinajstić information content (AvgIpc) is 2.69. The van der Waals surface area contributed by atoms with Crippen molar-refractivity contribution >= 4 is 11.6 Å². The summed E-state index contributed by atoms with van der Waals surface area (Å²) in [7, 11) is 1.77.